The van der Waals surface area contributed by atoms with Crippen molar-refractivity contribution in [2.24, 2.45) is 0 Å². The molecule has 5 nitrogen and oxygen atoms in total. The van der Waals surface area contributed by atoms with Gasteiger partial charge in [0.15, 0.2) is 0 Å². The molecular weight excluding hydrogens is 242 g/mol. The Kier molecular flexibility index (Phi) is 8.02. The van der Waals surface area contributed by atoms with Gasteiger partial charge in [0.2, 0.25) is 5.91 Å². The van der Waals surface area contributed by atoms with Crippen LogP contribution in [0.5, 0.6) is 0 Å². The summed E-state index contributed by atoms with van der Waals surface area (Å²) in [5.74, 6) is 0.197. The molecule has 1 saturated heterocycles. The second-order valence-corrected chi connectivity index (χ2v) is 5.34. The number of likely N-dealkylation sites (tertiary alicyclic amines) is 1. The predicted octanol–water partition coefficient (Wildman–Crippen LogP) is 0.555. The van der Waals surface area contributed by atoms with Crippen LogP contribution in [0.3, 0.4) is 0 Å². The first kappa shape index (κ1) is 16.4. The number of rotatable bonds is 8. The zero-order valence-electron chi connectivity index (χ0n) is 12.7. The van der Waals surface area contributed by atoms with Crippen LogP contribution in [0.1, 0.15) is 26.2 Å². The molecule has 0 radical (unpaired) electrons. The molecule has 1 aliphatic rings. The lowest BCUT2D eigenvalue weighted by Gasteiger charge is -2.32. The SMILES string of the molecule is CCOCCCNC1CCN(CC(=O)N(C)C)CC1. The fourth-order valence-corrected chi connectivity index (χ4v) is 2.25. The number of hydrogen-bond acceptors (Lipinski definition) is 4. The van der Waals surface area contributed by atoms with E-state index < -0.39 is 0 Å². The second-order valence-electron chi connectivity index (χ2n) is 5.34. The lowest BCUT2D eigenvalue weighted by molar-refractivity contribution is -0.130. The van der Waals surface area contributed by atoms with Crippen molar-refractivity contribution in [3.8, 4) is 0 Å². The smallest absolute Gasteiger partial charge is 0.236 e. The van der Waals surface area contributed by atoms with E-state index in [4.69, 9.17) is 4.74 Å². The molecule has 0 saturated carbocycles. The maximum atomic E-state index is 11.6. The van der Waals surface area contributed by atoms with Gasteiger partial charge in [-0.15, -0.1) is 0 Å². The number of carbonyl (C=O) groups excluding carboxylic acids is 1. The zero-order chi connectivity index (χ0) is 14.1. The van der Waals surface area contributed by atoms with Gasteiger partial charge in [0.1, 0.15) is 0 Å². The minimum absolute atomic E-state index is 0.197. The summed E-state index contributed by atoms with van der Waals surface area (Å²) < 4.78 is 5.32. The van der Waals surface area contributed by atoms with E-state index in [1.807, 2.05) is 21.0 Å². The number of hydrogen-bond donors (Lipinski definition) is 1. The van der Waals surface area contributed by atoms with Gasteiger partial charge < -0.3 is 15.0 Å². The molecule has 0 aromatic heterocycles. The highest BCUT2D eigenvalue weighted by molar-refractivity contribution is 5.77. The number of piperidine rings is 1. The lowest BCUT2D eigenvalue weighted by atomic mass is 10.0. The zero-order valence-corrected chi connectivity index (χ0v) is 12.7. The monoisotopic (exact) mass is 271 g/mol. The Morgan fingerprint density at radius 2 is 2.05 bits per heavy atom. The Labute approximate surface area is 117 Å². The minimum Gasteiger partial charge on any atom is -0.382 e. The molecule has 1 N–H and O–H groups in total. The Balaban J connectivity index is 2.07. The van der Waals surface area contributed by atoms with Crippen LogP contribution < -0.4 is 5.32 Å². The highest BCUT2D eigenvalue weighted by Gasteiger charge is 2.20. The Morgan fingerprint density at radius 3 is 2.63 bits per heavy atom. The van der Waals surface area contributed by atoms with E-state index in [1.54, 1.807) is 4.90 Å². The highest BCUT2D eigenvalue weighted by atomic mass is 16.5. The van der Waals surface area contributed by atoms with Crippen molar-refractivity contribution < 1.29 is 9.53 Å². The van der Waals surface area contributed by atoms with E-state index in [2.05, 4.69) is 10.2 Å². The molecule has 0 aliphatic carbocycles. The molecule has 1 amide bonds. The van der Waals surface area contributed by atoms with E-state index in [0.717, 1.165) is 52.1 Å². The number of ether oxygens (including phenoxy) is 1. The molecule has 19 heavy (non-hydrogen) atoms. The third kappa shape index (κ3) is 6.89. The quantitative estimate of drug-likeness (QED) is 0.655. The Morgan fingerprint density at radius 1 is 1.37 bits per heavy atom. The van der Waals surface area contributed by atoms with E-state index in [9.17, 15) is 4.79 Å². The number of nitrogens with one attached hydrogen (secondary N) is 1. The number of amides is 1. The first-order chi connectivity index (χ1) is 9.13. The molecule has 1 heterocycles. The molecule has 0 atom stereocenters. The summed E-state index contributed by atoms with van der Waals surface area (Å²) in [5, 5.41) is 3.58. The van der Waals surface area contributed by atoms with Gasteiger partial charge in [-0.25, -0.2) is 0 Å². The lowest BCUT2D eigenvalue weighted by Crippen LogP contribution is -2.46. The summed E-state index contributed by atoms with van der Waals surface area (Å²) >= 11 is 0. The van der Waals surface area contributed by atoms with E-state index in [-0.39, 0.29) is 5.91 Å². The first-order valence-electron chi connectivity index (χ1n) is 7.37. The third-order valence-corrected chi connectivity index (χ3v) is 3.55. The molecule has 1 rings (SSSR count). The largest absolute Gasteiger partial charge is 0.382 e. The molecule has 0 bridgehead atoms. The van der Waals surface area contributed by atoms with Crippen molar-refractivity contribution in [2.45, 2.75) is 32.2 Å². The maximum Gasteiger partial charge on any atom is 0.236 e. The first-order valence-corrected chi connectivity index (χ1v) is 7.37. The topological polar surface area (TPSA) is 44.8 Å². The fourth-order valence-electron chi connectivity index (χ4n) is 2.25. The number of carbonyl (C=O) groups is 1. The fraction of sp³-hybridized carbons (Fsp3) is 0.929. The summed E-state index contributed by atoms with van der Waals surface area (Å²) in [4.78, 5) is 15.5. The maximum absolute atomic E-state index is 11.6. The Hall–Kier alpha value is -0.650. The number of nitrogens with zero attached hydrogens (tertiary/aromatic N) is 2. The van der Waals surface area contributed by atoms with Crippen molar-refractivity contribution in [2.75, 3.05) is 53.5 Å². The molecule has 0 unspecified atom stereocenters. The molecule has 0 aromatic carbocycles. The molecule has 0 spiro atoms. The van der Waals surface area contributed by atoms with Gasteiger partial charge in [0, 0.05) is 46.4 Å². The molecule has 1 aliphatic heterocycles. The molecule has 0 aromatic rings. The van der Waals surface area contributed by atoms with Crippen molar-refractivity contribution in [3.05, 3.63) is 0 Å². The summed E-state index contributed by atoms with van der Waals surface area (Å²) in [6, 6.07) is 0.604. The molecule has 1 fully saturated rings. The van der Waals surface area contributed by atoms with Gasteiger partial charge in [0.25, 0.3) is 0 Å². The van der Waals surface area contributed by atoms with Crippen LogP contribution in [0.25, 0.3) is 0 Å². The average molecular weight is 271 g/mol. The van der Waals surface area contributed by atoms with Gasteiger partial charge in [-0.05, 0) is 32.7 Å². The van der Waals surface area contributed by atoms with Gasteiger partial charge in [-0.3, -0.25) is 9.69 Å². The normalized spacial score (nSPS) is 17.6. The van der Waals surface area contributed by atoms with Gasteiger partial charge in [-0.2, -0.15) is 0 Å². The van der Waals surface area contributed by atoms with Crippen LogP contribution in [-0.2, 0) is 9.53 Å². The summed E-state index contributed by atoms with van der Waals surface area (Å²) in [7, 11) is 3.63. The van der Waals surface area contributed by atoms with Crippen molar-refractivity contribution in [1.29, 1.82) is 0 Å². The van der Waals surface area contributed by atoms with Crippen LogP contribution in [0.2, 0.25) is 0 Å². The van der Waals surface area contributed by atoms with Gasteiger partial charge in [0.05, 0.1) is 6.54 Å². The summed E-state index contributed by atoms with van der Waals surface area (Å²) in [6.45, 7) is 7.30. The standard InChI is InChI=1S/C14H29N3O2/c1-4-19-11-5-8-15-13-6-9-17(10-7-13)12-14(18)16(2)3/h13,15H,4-12H2,1-3H3. The average Bonchev–Trinajstić information content (AvgIpc) is 2.40. The van der Waals surface area contributed by atoms with Crippen LogP contribution >= 0.6 is 0 Å². The highest BCUT2D eigenvalue weighted by Crippen LogP contribution is 2.10. The number of likely N-dealkylation sites (N-methyl/N-ethyl adjacent to an activating group) is 1. The van der Waals surface area contributed by atoms with Crippen molar-refractivity contribution in [1.82, 2.24) is 15.1 Å². The summed E-state index contributed by atoms with van der Waals surface area (Å²) in [5.41, 5.74) is 0. The van der Waals surface area contributed by atoms with Crippen LogP contribution in [-0.4, -0.2) is 75.2 Å². The van der Waals surface area contributed by atoms with Gasteiger partial charge >= 0.3 is 0 Å². The molecular formula is C14H29N3O2. The molecule has 112 valence electrons. The van der Waals surface area contributed by atoms with Gasteiger partial charge in [-0.1, -0.05) is 0 Å². The summed E-state index contributed by atoms with van der Waals surface area (Å²) in [6.07, 6.45) is 3.35. The van der Waals surface area contributed by atoms with E-state index in [1.165, 1.54) is 0 Å². The van der Waals surface area contributed by atoms with Crippen LogP contribution in [0, 0.1) is 0 Å². The Bertz CT molecular complexity index is 251. The van der Waals surface area contributed by atoms with E-state index in [0.29, 0.717) is 12.6 Å². The predicted molar refractivity (Wildman–Crippen MR) is 77.3 cm³/mol. The second kappa shape index (κ2) is 9.28. The third-order valence-electron chi connectivity index (χ3n) is 3.55. The van der Waals surface area contributed by atoms with Crippen molar-refractivity contribution in [3.63, 3.8) is 0 Å². The van der Waals surface area contributed by atoms with Crippen molar-refractivity contribution >= 4 is 5.91 Å². The minimum atomic E-state index is 0.197. The molecule has 5 heteroatoms. The van der Waals surface area contributed by atoms with Crippen LogP contribution in [0.4, 0.5) is 0 Å². The van der Waals surface area contributed by atoms with Crippen LogP contribution in [0.15, 0.2) is 0 Å². The van der Waals surface area contributed by atoms with E-state index >= 15 is 0 Å².